The van der Waals surface area contributed by atoms with Gasteiger partial charge in [0.2, 0.25) is 0 Å². The Morgan fingerprint density at radius 1 is 1.04 bits per heavy atom. The first kappa shape index (κ1) is 19.0. The Kier molecular flexibility index (Phi) is 9.56. The highest BCUT2D eigenvalue weighted by atomic mass is 14.9. The van der Waals surface area contributed by atoms with Crippen LogP contribution in [0.25, 0.3) is 6.08 Å². The van der Waals surface area contributed by atoms with Crippen LogP contribution in [0.5, 0.6) is 0 Å². The van der Waals surface area contributed by atoms with E-state index in [2.05, 4.69) is 60.5 Å². The molecule has 1 unspecified atom stereocenters. The van der Waals surface area contributed by atoms with Gasteiger partial charge in [-0.05, 0) is 63.0 Å². The Bertz CT molecular complexity index is 456. The first-order valence-corrected chi connectivity index (χ1v) is 9.94. The molecule has 1 atom stereocenters. The Labute approximate surface area is 149 Å². The molecule has 1 heteroatoms. The second-order valence-electron chi connectivity index (χ2n) is 7.22. The Morgan fingerprint density at radius 3 is 2.58 bits per heavy atom. The average molecular weight is 326 g/mol. The van der Waals surface area contributed by atoms with Crippen LogP contribution in [0.1, 0.15) is 69.8 Å². The van der Waals surface area contributed by atoms with Crippen molar-refractivity contribution in [1.29, 1.82) is 0 Å². The van der Waals surface area contributed by atoms with Crippen LogP contribution in [0.2, 0.25) is 0 Å². The summed E-state index contributed by atoms with van der Waals surface area (Å²) in [4.78, 5) is 0. The van der Waals surface area contributed by atoms with Crippen molar-refractivity contribution in [3.05, 3.63) is 54.6 Å². The molecule has 1 aromatic carbocycles. The maximum absolute atomic E-state index is 3.89. The number of allylic oxidation sites excluding steroid dienone is 2. The maximum atomic E-state index is 3.89. The third kappa shape index (κ3) is 7.97. The van der Waals surface area contributed by atoms with E-state index in [-0.39, 0.29) is 0 Å². The lowest BCUT2D eigenvalue weighted by Gasteiger charge is -2.26. The minimum atomic E-state index is 0.781. The lowest BCUT2D eigenvalue weighted by molar-refractivity contribution is 0.329. The van der Waals surface area contributed by atoms with Crippen molar-refractivity contribution in [2.24, 2.45) is 5.92 Å². The van der Waals surface area contributed by atoms with Crippen molar-refractivity contribution >= 4 is 6.08 Å². The number of nitrogens with one attached hydrogen (secondary N) is 1. The molecule has 1 aliphatic rings. The standard InChI is InChI=1S/C23H35N/c1-2-3-13-22(20-24-23-18-11-6-12-19-23)17-10-5-9-16-21-14-7-4-8-15-21/h2,4,7-9,14-16,22-24H,1,3,5-6,10-13,17-20H2/b16-9+. The maximum Gasteiger partial charge on any atom is 0.00671 e. The summed E-state index contributed by atoms with van der Waals surface area (Å²) in [5.74, 6) is 0.801. The van der Waals surface area contributed by atoms with E-state index in [0.29, 0.717) is 0 Å². The second-order valence-corrected chi connectivity index (χ2v) is 7.22. The summed E-state index contributed by atoms with van der Waals surface area (Å²) in [7, 11) is 0. The Hall–Kier alpha value is -1.34. The van der Waals surface area contributed by atoms with E-state index in [1.807, 2.05) is 0 Å². The third-order valence-electron chi connectivity index (χ3n) is 5.17. The highest BCUT2D eigenvalue weighted by Gasteiger charge is 2.15. The molecule has 0 spiro atoms. The molecule has 1 aliphatic carbocycles. The topological polar surface area (TPSA) is 12.0 Å². The van der Waals surface area contributed by atoms with Crippen LogP contribution in [0.3, 0.4) is 0 Å². The zero-order chi connectivity index (χ0) is 16.9. The van der Waals surface area contributed by atoms with Crippen molar-refractivity contribution in [1.82, 2.24) is 5.32 Å². The smallest absolute Gasteiger partial charge is 0.00671 e. The molecule has 1 N–H and O–H groups in total. The molecule has 0 bridgehead atoms. The quantitative estimate of drug-likeness (QED) is 0.368. The number of rotatable bonds is 11. The van der Waals surface area contributed by atoms with E-state index >= 15 is 0 Å². The van der Waals surface area contributed by atoms with E-state index in [4.69, 9.17) is 0 Å². The molecule has 1 saturated carbocycles. The summed E-state index contributed by atoms with van der Waals surface area (Å²) in [6.45, 7) is 5.09. The average Bonchev–Trinajstić information content (AvgIpc) is 2.64. The fourth-order valence-electron chi connectivity index (χ4n) is 3.65. The minimum absolute atomic E-state index is 0.781. The summed E-state index contributed by atoms with van der Waals surface area (Å²) >= 11 is 0. The third-order valence-corrected chi connectivity index (χ3v) is 5.17. The van der Waals surface area contributed by atoms with Gasteiger partial charge in [-0.1, -0.05) is 67.8 Å². The van der Waals surface area contributed by atoms with E-state index in [1.165, 1.54) is 69.9 Å². The fraction of sp³-hybridized carbons (Fsp3) is 0.565. The highest BCUT2D eigenvalue weighted by Crippen LogP contribution is 2.20. The summed E-state index contributed by atoms with van der Waals surface area (Å²) in [6, 6.07) is 11.4. The summed E-state index contributed by atoms with van der Waals surface area (Å²) in [5, 5.41) is 3.85. The lowest BCUT2D eigenvalue weighted by Crippen LogP contribution is -2.34. The molecule has 0 aromatic heterocycles. The van der Waals surface area contributed by atoms with Gasteiger partial charge in [-0.2, -0.15) is 0 Å². The van der Waals surface area contributed by atoms with Gasteiger partial charge in [0.1, 0.15) is 0 Å². The zero-order valence-electron chi connectivity index (χ0n) is 15.3. The molecule has 132 valence electrons. The zero-order valence-corrected chi connectivity index (χ0v) is 15.3. The Balaban J connectivity index is 1.65. The number of hydrogen-bond acceptors (Lipinski definition) is 1. The molecule has 0 aliphatic heterocycles. The van der Waals surface area contributed by atoms with E-state index < -0.39 is 0 Å². The monoisotopic (exact) mass is 325 g/mol. The predicted octanol–water partition coefficient (Wildman–Crippen LogP) is 6.37. The number of hydrogen-bond donors (Lipinski definition) is 1. The molecule has 0 saturated heterocycles. The molecule has 1 aromatic rings. The summed E-state index contributed by atoms with van der Waals surface area (Å²) in [5.41, 5.74) is 1.31. The summed E-state index contributed by atoms with van der Waals surface area (Å²) in [6.07, 6.45) is 19.9. The predicted molar refractivity (Wildman–Crippen MR) is 107 cm³/mol. The molecule has 0 radical (unpaired) electrons. The van der Waals surface area contributed by atoms with Crippen molar-refractivity contribution in [3.63, 3.8) is 0 Å². The van der Waals surface area contributed by atoms with Gasteiger partial charge in [-0.25, -0.2) is 0 Å². The van der Waals surface area contributed by atoms with E-state index in [0.717, 1.165) is 18.4 Å². The minimum Gasteiger partial charge on any atom is -0.314 e. The first-order valence-electron chi connectivity index (χ1n) is 9.94. The lowest BCUT2D eigenvalue weighted by atomic mass is 9.93. The van der Waals surface area contributed by atoms with Crippen LogP contribution >= 0.6 is 0 Å². The number of benzene rings is 1. The molecule has 0 amide bonds. The second kappa shape index (κ2) is 12.1. The molecule has 0 heterocycles. The van der Waals surface area contributed by atoms with Crippen molar-refractivity contribution in [2.45, 2.75) is 70.3 Å². The number of unbranched alkanes of at least 4 members (excludes halogenated alkanes) is 1. The fourth-order valence-corrected chi connectivity index (χ4v) is 3.65. The molecule has 24 heavy (non-hydrogen) atoms. The van der Waals surface area contributed by atoms with Crippen LogP contribution in [-0.2, 0) is 0 Å². The van der Waals surface area contributed by atoms with Crippen molar-refractivity contribution in [3.8, 4) is 0 Å². The molecule has 1 nitrogen and oxygen atoms in total. The van der Waals surface area contributed by atoms with Gasteiger partial charge in [0.25, 0.3) is 0 Å². The van der Waals surface area contributed by atoms with Crippen molar-refractivity contribution in [2.75, 3.05) is 6.54 Å². The van der Waals surface area contributed by atoms with Gasteiger partial charge in [-0.3, -0.25) is 0 Å². The normalized spacial score (nSPS) is 17.2. The highest BCUT2D eigenvalue weighted by molar-refractivity contribution is 5.48. The SMILES string of the molecule is C=CCCC(CCC/C=C/c1ccccc1)CNC1CCCCC1. The van der Waals surface area contributed by atoms with Crippen LogP contribution < -0.4 is 5.32 Å². The first-order chi connectivity index (χ1) is 11.9. The van der Waals surface area contributed by atoms with E-state index in [9.17, 15) is 0 Å². The van der Waals surface area contributed by atoms with Gasteiger partial charge in [0, 0.05) is 6.04 Å². The van der Waals surface area contributed by atoms with Crippen LogP contribution in [0.15, 0.2) is 49.1 Å². The summed E-state index contributed by atoms with van der Waals surface area (Å²) < 4.78 is 0. The largest absolute Gasteiger partial charge is 0.314 e. The Morgan fingerprint density at radius 2 is 1.83 bits per heavy atom. The molecule has 1 fully saturated rings. The van der Waals surface area contributed by atoms with Crippen molar-refractivity contribution < 1.29 is 0 Å². The van der Waals surface area contributed by atoms with E-state index in [1.54, 1.807) is 0 Å². The van der Waals surface area contributed by atoms with Gasteiger partial charge in [0.05, 0.1) is 0 Å². The van der Waals surface area contributed by atoms with Gasteiger partial charge < -0.3 is 5.32 Å². The van der Waals surface area contributed by atoms with Gasteiger partial charge >= 0.3 is 0 Å². The van der Waals surface area contributed by atoms with Gasteiger partial charge in [0.15, 0.2) is 0 Å². The van der Waals surface area contributed by atoms with Crippen LogP contribution in [0.4, 0.5) is 0 Å². The molecular weight excluding hydrogens is 290 g/mol. The molecule has 2 rings (SSSR count). The molecular formula is C23H35N. The van der Waals surface area contributed by atoms with Gasteiger partial charge in [-0.15, -0.1) is 6.58 Å². The van der Waals surface area contributed by atoms with Crippen LogP contribution in [-0.4, -0.2) is 12.6 Å². The van der Waals surface area contributed by atoms with Crippen LogP contribution in [0, 0.1) is 5.92 Å².